The molecule has 1 heteroatoms. The van der Waals surface area contributed by atoms with Crippen molar-refractivity contribution in [2.45, 2.75) is 132 Å². The molecule has 5 aliphatic rings. The fourth-order valence-electron chi connectivity index (χ4n) is 11.2. The van der Waals surface area contributed by atoms with Crippen LogP contribution < -0.4 is 0 Å². The zero-order chi connectivity index (χ0) is 22.7. The molecule has 0 aromatic carbocycles. The normalized spacial score (nSPS) is 57.8. The minimum atomic E-state index is -0.0989. The van der Waals surface area contributed by atoms with Gasteiger partial charge in [-0.1, -0.05) is 55.4 Å². The Morgan fingerprint density at radius 2 is 1.16 bits per heavy atom. The van der Waals surface area contributed by atoms with Crippen LogP contribution in [0.25, 0.3) is 0 Å². The number of aliphatic hydroxyl groups excluding tert-OH is 1. The van der Waals surface area contributed by atoms with E-state index in [0.29, 0.717) is 33.0 Å². The Kier molecular flexibility index (Phi) is 4.80. The van der Waals surface area contributed by atoms with Crippen LogP contribution in [0, 0.1) is 56.2 Å². The number of hydrogen-bond acceptors (Lipinski definition) is 1. The van der Waals surface area contributed by atoms with Crippen molar-refractivity contribution in [2.75, 3.05) is 0 Å². The van der Waals surface area contributed by atoms with Gasteiger partial charge in [0.15, 0.2) is 0 Å². The predicted octanol–water partition coefficient (Wildman–Crippen LogP) is 8.25. The lowest BCUT2D eigenvalue weighted by atomic mass is 9.31. The van der Waals surface area contributed by atoms with Gasteiger partial charge in [-0.05, 0) is 127 Å². The summed E-state index contributed by atoms with van der Waals surface area (Å²) in [5, 5.41) is 10.8. The molecule has 0 spiro atoms. The van der Waals surface area contributed by atoms with Gasteiger partial charge in [-0.2, -0.15) is 0 Å². The van der Waals surface area contributed by atoms with Crippen molar-refractivity contribution in [1.82, 2.24) is 0 Å². The van der Waals surface area contributed by atoms with Crippen molar-refractivity contribution in [3.8, 4) is 0 Å². The van der Waals surface area contributed by atoms with Crippen LogP contribution in [-0.4, -0.2) is 11.2 Å². The van der Waals surface area contributed by atoms with E-state index in [2.05, 4.69) is 55.4 Å². The molecular formula is C30H52O. The molecule has 0 saturated heterocycles. The van der Waals surface area contributed by atoms with E-state index in [1.807, 2.05) is 0 Å². The van der Waals surface area contributed by atoms with Crippen LogP contribution in [0.2, 0.25) is 0 Å². The van der Waals surface area contributed by atoms with Crippen LogP contribution >= 0.6 is 0 Å². The fraction of sp³-hybridized carbons (Fsp3) is 1.00. The van der Waals surface area contributed by atoms with Gasteiger partial charge in [0.2, 0.25) is 0 Å². The first-order chi connectivity index (χ1) is 14.2. The summed E-state index contributed by atoms with van der Waals surface area (Å²) in [4.78, 5) is 0. The van der Waals surface area contributed by atoms with E-state index in [4.69, 9.17) is 0 Å². The molecule has 5 aliphatic carbocycles. The van der Waals surface area contributed by atoms with Gasteiger partial charge < -0.3 is 5.11 Å². The van der Waals surface area contributed by atoms with E-state index in [1.54, 1.807) is 0 Å². The SMILES string of the molecule is CC1(C)CC[C@]2(C)CC[C@]3(C)[C@H]4CC[C@@H]5[C@@H](CC[C@H](O)C5(C)C)[C@]4(C)CC[C@@]3(C)[C@@H]2C1. The highest BCUT2D eigenvalue weighted by molar-refractivity contribution is 5.18. The van der Waals surface area contributed by atoms with Gasteiger partial charge in [0.05, 0.1) is 6.10 Å². The monoisotopic (exact) mass is 428 g/mol. The maximum atomic E-state index is 10.8. The summed E-state index contributed by atoms with van der Waals surface area (Å²) < 4.78 is 0. The van der Waals surface area contributed by atoms with Crippen molar-refractivity contribution in [1.29, 1.82) is 0 Å². The van der Waals surface area contributed by atoms with Crippen LogP contribution in [0.15, 0.2) is 0 Å². The lowest BCUT2D eigenvalue weighted by Crippen LogP contribution is -2.67. The van der Waals surface area contributed by atoms with Gasteiger partial charge in [0.25, 0.3) is 0 Å². The molecule has 178 valence electrons. The third-order valence-electron chi connectivity index (χ3n) is 13.7. The Morgan fingerprint density at radius 1 is 0.581 bits per heavy atom. The molecule has 0 heterocycles. The molecule has 0 aromatic heterocycles. The van der Waals surface area contributed by atoms with Gasteiger partial charge in [-0.25, -0.2) is 0 Å². The molecule has 1 N–H and O–H groups in total. The molecule has 5 saturated carbocycles. The topological polar surface area (TPSA) is 20.2 Å². The van der Waals surface area contributed by atoms with Gasteiger partial charge in [0, 0.05) is 0 Å². The Balaban J connectivity index is 1.53. The molecule has 0 unspecified atom stereocenters. The minimum Gasteiger partial charge on any atom is -0.393 e. The van der Waals surface area contributed by atoms with Crippen LogP contribution in [0.4, 0.5) is 0 Å². The Labute approximate surface area is 193 Å². The Morgan fingerprint density at radius 3 is 1.87 bits per heavy atom. The van der Waals surface area contributed by atoms with E-state index in [1.165, 1.54) is 64.2 Å². The highest BCUT2D eigenvalue weighted by atomic mass is 16.3. The summed E-state index contributed by atoms with van der Waals surface area (Å²) in [7, 11) is 0. The van der Waals surface area contributed by atoms with Crippen LogP contribution in [0.3, 0.4) is 0 Å². The zero-order valence-electron chi connectivity index (χ0n) is 22.1. The second-order valence-electron chi connectivity index (χ2n) is 15.7. The van der Waals surface area contributed by atoms with Crippen LogP contribution in [-0.2, 0) is 0 Å². The number of hydrogen-bond donors (Lipinski definition) is 1. The Bertz CT molecular complexity index is 737. The zero-order valence-corrected chi connectivity index (χ0v) is 22.1. The maximum absolute atomic E-state index is 10.8. The van der Waals surface area contributed by atoms with Crippen molar-refractivity contribution < 1.29 is 5.11 Å². The number of rotatable bonds is 0. The van der Waals surface area contributed by atoms with Crippen LogP contribution in [0.5, 0.6) is 0 Å². The minimum absolute atomic E-state index is 0.0943. The quantitative estimate of drug-likeness (QED) is 0.412. The molecule has 0 bridgehead atoms. The molecular weight excluding hydrogens is 376 g/mol. The fourth-order valence-corrected chi connectivity index (χ4v) is 11.2. The summed E-state index contributed by atoms with van der Waals surface area (Å²) in [6, 6.07) is 0. The summed E-state index contributed by atoms with van der Waals surface area (Å²) in [5.74, 6) is 3.31. The molecule has 1 nitrogen and oxygen atoms in total. The summed E-state index contributed by atoms with van der Waals surface area (Å²) in [6.45, 7) is 20.8. The first-order valence-corrected chi connectivity index (χ1v) is 13.9. The standard InChI is InChI=1S/C30H52O/c1-25(2)13-14-27(5)15-17-29(7)22-11-9-20-21(10-12-24(31)26(20,3)4)28(22,6)16-18-30(29,8)23(27)19-25/h20-24,31H,9-19H2,1-8H3/t20-,21-,22+,23-,24+,27-,28+,29-,30+/m1/s1. The summed E-state index contributed by atoms with van der Waals surface area (Å²) in [6.07, 6.45) is 15.1. The molecule has 5 fully saturated rings. The number of aliphatic hydroxyl groups is 1. The lowest BCUT2D eigenvalue weighted by Gasteiger charge is -2.74. The first kappa shape index (κ1) is 22.7. The average Bonchev–Trinajstić information content (AvgIpc) is 2.68. The third kappa shape index (κ3) is 2.83. The largest absolute Gasteiger partial charge is 0.393 e. The predicted molar refractivity (Wildman–Crippen MR) is 131 cm³/mol. The lowest BCUT2D eigenvalue weighted by molar-refractivity contribution is -0.255. The second-order valence-corrected chi connectivity index (χ2v) is 15.7. The van der Waals surface area contributed by atoms with E-state index in [9.17, 15) is 5.11 Å². The van der Waals surface area contributed by atoms with Crippen LogP contribution in [0.1, 0.15) is 126 Å². The van der Waals surface area contributed by atoms with Gasteiger partial charge in [0.1, 0.15) is 0 Å². The van der Waals surface area contributed by atoms with Gasteiger partial charge in [-0.15, -0.1) is 0 Å². The van der Waals surface area contributed by atoms with Crippen molar-refractivity contribution in [2.24, 2.45) is 56.2 Å². The molecule has 0 amide bonds. The van der Waals surface area contributed by atoms with Gasteiger partial charge in [-0.3, -0.25) is 0 Å². The Hall–Kier alpha value is -0.0400. The number of fused-ring (bicyclic) bond motifs is 7. The molecule has 0 aliphatic heterocycles. The first-order valence-electron chi connectivity index (χ1n) is 13.9. The molecule has 0 aromatic rings. The van der Waals surface area contributed by atoms with Crippen molar-refractivity contribution >= 4 is 0 Å². The van der Waals surface area contributed by atoms with E-state index < -0.39 is 0 Å². The molecule has 9 atom stereocenters. The third-order valence-corrected chi connectivity index (χ3v) is 13.7. The van der Waals surface area contributed by atoms with Gasteiger partial charge >= 0.3 is 0 Å². The van der Waals surface area contributed by atoms with Crippen molar-refractivity contribution in [3.05, 3.63) is 0 Å². The van der Waals surface area contributed by atoms with E-state index in [-0.39, 0.29) is 11.5 Å². The summed E-state index contributed by atoms with van der Waals surface area (Å²) >= 11 is 0. The van der Waals surface area contributed by atoms with E-state index >= 15 is 0 Å². The smallest absolute Gasteiger partial charge is 0.0594 e. The molecule has 31 heavy (non-hydrogen) atoms. The van der Waals surface area contributed by atoms with Crippen molar-refractivity contribution in [3.63, 3.8) is 0 Å². The molecule has 0 radical (unpaired) electrons. The highest BCUT2D eigenvalue weighted by Crippen LogP contribution is 2.77. The van der Waals surface area contributed by atoms with E-state index in [0.717, 1.165) is 24.2 Å². The average molecular weight is 429 g/mol. The maximum Gasteiger partial charge on any atom is 0.0594 e. The highest BCUT2D eigenvalue weighted by Gasteiger charge is 2.69. The second kappa shape index (κ2) is 6.55. The molecule has 5 rings (SSSR count). The summed E-state index contributed by atoms with van der Waals surface area (Å²) in [5.41, 5.74) is 2.66.